The fraction of sp³-hybridized carbons (Fsp3) is 0.100. The molecule has 1 aromatic carbocycles. The quantitative estimate of drug-likeness (QED) is 0.652. The lowest BCUT2D eigenvalue weighted by molar-refractivity contribution is 0.359. The predicted molar refractivity (Wildman–Crippen MR) is 68.4 cm³/mol. The molecule has 100 valence electrons. The monoisotopic (exact) mass is 329 g/mol. The minimum absolute atomic E-state index is 0.0190. The van der Waals surface area contributed by atoms with Crippen molar-refractivity contribution in [3.05, 3.63) is 28.5 Å². The number of nitrogens with one attached hydrogen (secondary N) is 1. The van der Waals surface area contributed by atoms with Crippen LogP contribution < -0.4 is 20.7 Å². The average molecular weight is 330 g/mol. The van der Waals surface area contributed by atoms with E-state index in [0.29, 0.717) is 4.47 Å². The summed E-state index contributed by atoms with van der Waals surface area (Å²) in [6.45, 7) is 0. The number of nitrogens with zero attached hydrogens (tertiary/aromatic N) is 3. The Morgan fingerprint density at radius 2 is 2.00 bits per heavy atom. The van der Waals surface area contributed by atoms with Gasteiger partial charge in [-0.15, -0.1) is 4.98 Å². The molecular weight excluding hydrogens is 321 g/mol. The van der Waals surface area contributed by atoms with Gasteiger partial charge in [-0.2, -0.15) is 9.97 Å². The molecule has 0 fully saturated rings. The Morgan fingerprint density at radius 3 is 2.68 bits per heavy atom. The van der Waals surface area contributed by atoms with E-state index in [-0.39, 0.29) is 23.7 Å². The van der Waals surface area contributed by atoms with Crippen LogP contribution in [0.15, 0.2) is 22.7 Å². The topological polar surface area (TPSA) is 95.2 Å². The first-order valence-electron chi connectivity index (χ1n) is 5.02. The number of benzene rings is 1. The number of hydrogen-bond donors (Lipinski definition) is 2. The number of anilines is 1. The molecule has 0 saturated carbocycles. The Balaban J connectivity index is 2.34. The standard InChI is InChI=1S/C10H9BrFN5O2/c1-18-9-14-8(17-13)15-10(16-9)19-7-4-5(12)2-3-6(7)11/h2-4H,13H2,1H3,(H,14,15,16,17). The van der Waals surface area contributed by atoms with Crippen molar-refractivity contribution in [1.29, 1.82) is 0 Å². The van der Waals surface area contributed by atoms with Crippen LogP contribution in [0, 0.1) is 5.82 Å². The maximum atomic E-state index is 13.1. The van der Waals surface area contributed by atoms with Crippen molar-refractivity contribution in [1.82, 2.24) is 15.0 Å². The van der Waals surface area contributed by atoms with Crippen molar-refractivity contribution in [2.24, 2.45) is 5.84 Å². The number of methoxy groups -OCH3 is 1. The van der Waals surface area contributed by atoms with Gasteiger partial charge in [-0.1, -0.05) is 0 Å². The van der Waals surface area contributed by atoms with Gasteiger partial charge in [0.15, 0.2) is 0 Å². The van der Waals surface area contributed by atoms with Crippen molar-refractivity contribution in [3.63, 3.8) is 0 Å². The Labute approximate surface area is 116 Å². The highest BCUT2D eigenvalue weighted by molar-refractivity contribution is 9.10. The fourth-order valence-electron chi connectivity index (χ4n) is 1.19. The normalized spacial score (nSPS) is 10.1. The summed E-state index contributed by atoms with van der Waals surface area (Å²) in [7, 11) is 1.39. The summed E-state index contributed by atoms with van der Waals surface area (Å²) < 4.78 is 23.9. The molecule has 0 atom stereocenters. The van der Waals surface area contributed by atoms with Gasteiger partial charge in [0.25, 0.3) is 0 Å². The summed E-state index contributed by atoms with van der Waals surface area (Å²) in [5, 5.41) is 0. The van der Waals surface area contributed by atoms with Gasteiger partial charge in [0, 0.05) is 6.07 Å². The van der Waals surface area contributed by atoms with Crippen molar-refractivity contribution >= 4 is 21.9 Å². The van der Waals surface area contributed by atoms with Crippen LogP contribution in [-0.2, 0) is 0 Å². The van der Waals surface area contributed by atoms with E-state index in [4.69, 9.17) is 15.3 Å². The number of hydrogen-bond acceptors (Lipinski definition) is 7. The second kappa shape index (κ2) is 5.76. The number of ether oxygens (including phenoxy) is 2. The van der Waals surface area contributed by atoms with Crippen LogP contribution in [0.2, 0.25) is 0 Å². The predicted octanol–water partition coefficient (Wildman–Crippen LogP) is 1.86. The van der Waals surface area contributed by atoms with Crippen LogP contribution >= 0.6 is 15.9 Å². The molecule has 0 aliphatic carbocycles. The number of aromatic nitrogens is 3. The van der Waals surface area contributed by atoms with Gasteiger partial charge in [0.2, 0.25) is 5.95 Å². The van der Waals surface area contributed by atoms with Crippen molar-refractivity contribution < 1.29 is 13.9 Å². The third kappa shape index (κ3) is 3.26. The van der Waals surface area contributed by atoms with E-state index in [0.717, 1.165) is 0 Å². The van der Waals surface area contributed by atoms with Gasteiger partial charge in [0.1, 0.15) is 11.6 Å². The second-order valence-electron chi connectivity index (χ2n) is 3.25. The molecule has 2 aromatic rings. The summed E-state index contributed by atoms with van der Waals surface area (Å²) in [6, 6.07) is 3.93. The molecule has 0 bridgehead atoms. The third-order valence-corrected chi connectivity index (χ3v) is 2.66. The largest absolute Gasteiger partial charge is 0.467 e. The maximum Gasteiger partial charge on any atom is 0.330 e. The second-order valence-corrected chi connectivity index (χ2v) is 4.10. The summed E-state index contributed by atoms with van der Waals surface area (Å²) in [6.07, 6.45) is 0. The van der Waals surface area contributed by atoms with E-state index >= 15 is 0 Å². The first-order valence-corrected chi connectivity index (χ1v) is 5.81. The number of hydrazine groups is 1. The molecule has 0 spiro atoms. The summed E-state index contributed by atoms with van der Waals surface area (Å²) in [5.41, 5.74) is 2.25. The van der Waals surface area contributed by atoms with E-state index in [1.54, 1.807) is 0 Å². The summed E-state index contributed by atoms with van der Waals surface area (Å²) in [4.78, 5) is 11.5. The highest BCUT2D eigenvalue weighted by Crippen LogP contribution is 2.29. The minimum Gasteiger partial charge on any atom is -0.467 e. The van der Waals surface area contributed by atoms with E-state index < -0.39 is 5.82 Å². The maximum absolute atomic E-state index is 13.1. The molecule has 2 rings (SSSR count). The third-order valence-electron chi connectivity index (χ3n) is 2.00. The van der Waals surface area contributed by atoms with Gasteiger partial charge in [-0.25, -0.2) is 10.2 Å². The Morgan fingerprint density at radius 1 is 1.26 bits per heavy atom. The summed E-state index contributed by atoms with van der Waals surface area (Å²) >= 11 is 3.22. The average Bonchev–Trinajstić information content (AvgIpc) is 2.42. The van der Waals surface area contributed by atoms with Crippen LogP contribution in [0.1, 0.15) is 0 Å². The van der Waals surface area contributed by atoms with Crippen molar-refractivity contribution in [2.45, 2.75) is 0 Å². The molecular formula is C10H9BrFN5O2. The number of rotatable bonds is 4. The zero-order valence-corrected chi connectivity index (χ0v) is 11.3. The molecule has 3 N–H and O–H groups in total. The number of nitrogens with two attached hydrogens (primary N) is 1. The molecule has 19 heavy (non-hydrogen) atoms. The first kappa shape index (κ1) is 13.4. The lowest BCUT2D eigenvalue weighted by atomic mass is 10.3. The van der Waals surface area contributed by atoms with Crippen LogP contribution in [0.5, 0.6) is 17.8 Å². The Bertz CT molecular complexity index is 576. The zero-order valence-electron chi connectivity index (χ0n) is 9.72. The molecule has 1 aromatic heterocycles. The molecule has 9 heteroatoms. The van der Waals surface area contributed by atoms with Gasteiger partial charge < -0.3 is 9.47 Å². The van der Waals surface area contributed by atoms with Gasteiger partial charge in [0.05, 0.1) is 11.6 Å². The summed E-state index contributed by atoms with van der Waals surface area (Å²) in [5.74, 6) is 5.04. The number of nitrogen functional groups attached to an aromatic ring is 1. The zero-order chi connectivity index (χ0) is 13.8. The SMILES string of the molecule is COc1nc(NN)nc(Oc2cc(F)ccc2Br)n1. The Kier molecular flexibility index (Phi) is 4.07. The molecule has 0 saturated heterocycles. The van der Waals surface area contributed by atoms with E-state index in [2.05, 4.69) is 36.3 Å². The van der Waals surface area contributed by atoms with Crippen molar-refractivity contribution in [2.75, 3.05) is 12.5 Å². The van der Waals surface area contributed by atoms with Gasteiger partial charge in [-0.3, -0.25) is 5.43 Å². The lowest BCUT2D eigenvalue weighted by Crippen LogP contribution is -2.12. The van der Waals surface area contributed by atoms with E-state index in [1.807, 2.05) is 0 Å². The van der Waals surface area contributed by atoms with Crippen LogP contribution in [0.25, 0.3) is 0 Å². The minimum atomic E-state index is -0.448. The van der Waals surface area contributed by atoms with Gasteiger partial charge >= 0.3 is 12.0 Å². The molecule has 7 nitrogen and oxygen atoms in total. The lowest BCUT2D eigenvalue weighted by Gasteiger charge is -2.08. The molecule has 0 amide bonds. The van der Waals surface area contributed by atoms with Crippen molar-refractivity contribution in [3.8, 4) is 17.8 Å². The Hall–Kier alpha value is -2.00. The molecule has 0 aliphatic heterocycles. The first-order chi connectivity index (χ1) is 9.12. The fourth-order valence-corrected chi connectivity index (χ4v) is 1.52. The van der Waals surface area contributed by atoms with Crippen LogP contribution in [0.4, 0.5) is 10.3 Å². The number of halogens is 2. The van der Waals surface area contributed by atoms with Crippen LogP contribution in [0.3, 0.4) is 0 Å². The smallest absolute Gasteiger partial charge is 0.330 e. The highest BCUT2D eigenvalue weighted by Gasteiger charge is 2.10. The molecule has 0 unspecified atom stereocenters. The molecule has 0 radical (unpaired) electrons. The van der Waals surface area contributed by atoms with E-state index in [1.165, 1.54) is 25.3 Å². The van der Waals surface area contributed by atoms with Crippen LogP contribution in [-0.4, -0.2) is 22.1 Å². The molecule has 1 heterocycles. The van der Waals surface area contributed by atoms with E-state index in [9.17, 15) is 4.39 Å². The van der Waals surface area contributed by atoms with Gasteiger partial charge in [-0.05, 0) is 28.1 Å². The molecule has 0 aliphatic rings. The highest BCUT2D eigenvalue weighted by atomic mass is 79.9.